The molecule has 0 spiro atoms. The van der Waals surface area contributed by atoms with Crippen molar-refractivity contribution in [3.8, 4) is 0 Å². The molecule has 16 heavy (non-hydrogen) atoms. The van der Waals surface area contributed by atoms with Crippen LogP contribution in [-0.2, 0) is 12.7 Å². The number of benzene rings is 1. The summed E-state index contributed by atoms with van der Waals surface area (Å²) in [5.74, 6) is 0. The molecule has 0 aliphatic heterocycles. The van der Waals surface area contributed by atoms with Gasteiger partial charge in [0.05, 0.1) is 15.0 Å². The Hall–Kier alpha value is -1.15. The zero-order valence-corrected chi connectivity index (χ0v) is 9.30. The summed E-state index contributed by atoms with van der Waals surface area (Å²) in [7, 11) is 0. The smallest absolute Gasteiger partial charge is 0.326 e. The SMILES string of the molecule is NCc1cc([N+](=O)[O-])c(Br)cc1C(F)(F)F. The average molecular weight is 299 g/mol. The van der Waals surface area contributed by atoms with Gasteiger partial charge in [-0.2, -0.15) is 13.2 Å². The van der Waals surface area contributed by atoms with Crippen molar-refractivity contribution >= 4 is 21.6 Å². The van der Waals surface area contributed by atoms with Gasteiger partial charge < -0.3 is 5.73 Å². The lowest BCUT2D eigenvalue weighted by molar-refractivity contribution is -0.385. The molecule has 0 radical (unpaired) electrons. The standard InChI is InChI=1S/C8H6BrF3N2O2/c9-6-2-5(8(10,11)12)4(3-13)1-7(6)14(15)16/h1-2H,3,13H2. The molecule has 0 saturated heterocycles. The van der Waals surface area contributed by atoms with Gasteiger partial charge in [-0.3, -0.25) is 10.1 Å². The van der Waals surface area contributed by atoms with Crippen LogP contribution >= 0.6 is 15.9 Å². The van der Waals surface area contributed by atoms with E-state index < -0.39 is 28.9 Å². The van der Waals surface area contributed by atoms with Crippen molar-refractivity contribution in [1.29, 1.82) is 0 Å². The summed E-state index contributed by atoms with van der Waals surface area (Å²) in [4.78, 5) is 9.73. The molecule has 0 fully saturated rings. The van der Waals surface area contributed by atoms with Crippen LogP contribution in [0, 0.1) is 10.1 Å². The Morgan fingerprint density at radius 3 is 2.38 bits per heavy atom. The fourth-order valence-electron chi connectivity index (χ4n) is 1.18. The molecule has 4 nitrogen and oxygen atoms in total. The van der Waals surface area contributed by atoms with Crippen LogP contribution in [0.3, 0.4) is 0 Å². The number of rotatable bonds is 2. The fourth-order valence-corrected chi connectivity index (χ4v) is 1.67. The Labute approximate surface area is 96.5 Å². The predicted octanol–water partition coefficient (Wildman–Crippen LogP) is 2.83. The maximum Gasteiger partial charge on any atom is 0.416 e. The van der Waals surface area contributed by atoms with Crippen molar-refractivity contribution in [3.05, 3.63) is 37.8 Å². The monoisotopic (exact) mass is 298 g/mol. The van der Waals surface area contributed by atoms with Gasteiger partial charge in [0.1, 0.15) is 0 Å². The third kappa shape index (κ3) is 2.50. The van der Waals surface area contributed by atoms with Crippen LogP contribution in [0.1, 0.15) is 11.1 Å². The maximum atomic E-state index is 12.5. The molecule has 0 heterocycles. The first-order valence-electron chi connectivity index (χ1n) is 4.01. The van der Waals surface area contributed by atoms with Crippen molar-refractivity contribution in [3.63, 3.8) is 0 Å². The van der Waals surface area contributed by atoms with Crippen LogP contribution in [0.2, 0.25) is 0 Å². The second kappa shape index (κ2) is 4.38. The molecule has 0 unspecified atom stereocenters. The number of hydrogen-bond acceptors (Lipinski definition) is 3. The lowest BCUT2D eigenvalue weighted by atomic mass is 10.1. The number of halogens is 4. The van der Waals surface area contributed by atoms with Crippen LogP contribution in [-0.4, -0.2) is 4.92 Å². The molecule has 0 aromatic heterocycles. The normalized spacial score (nSPS) is 11.6. The number of nitrogens with zero attached hydrogens (tertiary/aromatic N) is 1. The third-order valence-corrected chi connectivity index (χ3v) is 2.53. The first-order valence-corrected chi connectivity index (χ1v) is 4.80. The van der Waals surface area contributed by atoms with Crippen LogP contribution < -0.4 is 5.73 Å². The number of nitrogens with two attached hydrogens (primary N) is 1. The van der Waals surface area contributed by atoms with E-state index >= 15 is 0 Å². The van der Waals surface area contributed by atoms with E-state index in [0.29, 0.717) is 6.07 Å². The highest BCUT2D eigenvalue weighted by atomic mass is 79.9. The van der Waals surface area contributed by atoms with Gasteiger partial charge in [-0.1, -0.05) is 0 Å². The Bertz CT molecular complexity index is 434. The minimum atomic E-state index is -4.58. The largest absolute Gasteiger partial charge is 0.416 e. The van der Waals surface area contributed by atoms with E-state index in [-0.39, 0.29) is 10.0 Å². The lowest BCUT2D eigenvalue weighted by Crippen LogP contribution is -2.12. The van der Waals surface area contributed by atoms with Gasteiger partial charge in [0.25, 0.3) is 5.69 Å². The third-order valence-electron chi connectivity index (χ3n) is 1.89. The molecule has 1 aromatic carbocycles. The fraction of sp³-hybridized carbons (Fsp3) is 0.250. The van der Waals surface area contributed by atoms with Gasteiger partial charge in [-0.05, 0) is 27.6 Å². The van der Waals surface area contributed by atoms with Crippen molar-refractivity contribution in [2.75, 3.05) is 0 Å². The first-order chi connectivity index (χ1) is 7.27. The van der Waals surface area contributed by atoms with E-state index in [1.165, 1.54) is 0 Å². The Balaban J connectivity index is 3.44. The quantitative estimate of drug-likeness (QED) is 0.674. The van der Waals surface area contributed by atoms with Crippen molar-refractivity contribution < 1.29 is 18.1 Å². The molecule has 1 aromatic rings. The summed E-state index contributed by atoms with van der Waals surface area (Å²) in [6.07, 6.45) is -4.58. The average Bonchev–Trinajstić information content (AvgIpc) is 2.15. The molecular formula is C8H6BrF3N2O2. The van der Waals surface area contributed by atoms with Crippen molar-refractivity contribution in [1.82, 2.24) is 0 Å². The summed E-state index contributed by atoms with van der Waals surface area (Å²) in [5, 5.41) is 10.5. The molecule has 0 aliphatic carbocycles. The van der Waals surface area contributed by atoms with E-state index in [4.69, 9.17) is 5.73 Å². The van der Waals surface area contributed by atoms with Gasteiger partial charge in [0.15, 0.2) is 0 Å². The van der Waals surface area contributed by atoms with Crippen LogP contribution in [0.15, 0.2) is 16.6 Å². The highest BCUT2D eigenvalue weighted by Gasteiger charge is 2.35. The highest BCUT2D eigenvalue weighted by Crippen LogP contribution is 2.37. The van der Waals surface area contributed by atoms with Crippen molar-refractivity contribution in [2.45, 2.75) is 12.7 Å². The molecular weight excluding hydrogens is 293 g/mol. The van der Waals surface area contributed by atoms with E-state index in [9.17, 15) is 23.3 Å². The van der Waals surface area contributed by atoms with Gasteiger partial charge in [-0.25, -0.2) is 0 Å². The maximum absolute atomic E-state index is 12.5. The Morgan fingerprint density at radius 1 is 1.44 bits per heavy atom. The van der Waals surface area contributed by atoms with Gasteiger partial charge in [0.2, 0.25) is 0 Å². The van der Waals surface area contributed by atoms with Crippen molar-refractivity contribution in [2.24, 2.45) is 5.73 Å². The zero-order valence-electron chi connectivity index (χ0n) is 7.71. The van der Waals surface area contributed by atoms with E-state index in [1.54, 1.807) is 0 Å². The minimum Gasteiger partial charge on any atom is -0.326 e. The Morgan fingerprint density at radius 2 is 2.00 bits per heavy atom. The molecule has 1 rings (SSSR count). The topological polar surface area (TPSA) is 69.2 Å². The first kappa shape index (κ1) is 12.9. The summed E-state index contributed by atoms with van der Waals surface area (Å²) in [6, 6.07) is 1.49. The second-order valence-electron chi connectivity index (χ2n) is 2.92. The molecule has 0 atom stereocenters. The molecule has 0 amide bonds. The van der Waals surface area contributed by atoms with E-state index in [0.717, 1.165) is 6.07 Å². The van der Waals surface area contributed by atoms with Gasteiger partial charge in [0, 0.05) is 12.6 Å². The highest BCUT2D eigenvalue weighted by molar-refractivity contribution is 9.10. The summed E-state index contributed by atoms with van der Waals surface area (Å²) >= 11 is 2.72. The summed E-state index contributed by atoms with van der Waals surface area (Å²) in [6.45, 7) is -0.414. The number of hydrogen-bond donors (Lipinski definition) is 1. The van der Waals surface area contributed by atoms with Gasteiger partial charge in [-0.15, -0.1) is 0 Å². The Kier molecular flexibility index (Phi) is 3.54. The van der Waals surface area contributed by atoms with E-state index in [2.05, 4.69) is 15.9 Å². The van der Waals surface area contributed by atoms with E-state index in [1.807, 2.05) is 0 Å². The van der Waals surface area contributed by atoms with Crippen LogP contribution in [0.5, 0.6) is 0 Å². The molecule has 8 heteroatoms. The van der Waals surface area contributed by atoms with Crippen LogP contribution in [0.4, 0.5) is 18.9 Å². The molecule has 0 bridgehead atoms. The predicted molar refractivity (Wildman–Crippen MR) is 53.7 cm³/mol. The number of alkyl halides is 3. The lowest BCUT2D eigenvalue weighted by Gasteiger charge is -2.12. The van der Waals surface area contributed by atoms with Crippen LogP contribution in [0.25, 0.3) is 0 Å². The molecule has 88 valence electrons. The minimum absolute atomic E-state index is 0.220. The summed E-state index contributed by atoms with van der Waals surface area (Å²) in [5.41, 5.74) is 3.42. The second-order valence-corrected chi connectivity index (χ2v) is 3.77. The molecule has 2 N–H and O–H groups in total. The number of nitro benzene ring substituents is 1. The summed E-state index contributed by atoms with van der Waals surface area (Å²) < 4.78 is 37.3. The zero-order chi connectivity index (χ0) is 12.5. The van der Waals surface area contributed by atoms with Gasteiger partial charge >= 0.3 is 6.18 Å². The molecule has 0 saturated carbocycles. The molecule has 0 aliphatic rings. The number of nitro groups is 1.